The van der Waals surface area contributed by atoms with Crippen LogP contribution in [0.1, 0.15) is 57.8 Å². The average Bonchev–Trinajstić information content (AvgIpc) is 3.58. The van der Waals surface area contributed by atoms with E-state index in [1.807, 2.05) is 31.2 Å². The van der Waals surface area contributed by atoms with Crippen LogP contribution in [0.4, 0.5) is 10.5 Å². The number of pyridine rings is 2. The highest BCUT2D eigenvalue weighted by atomic mass is 16.6. The zero-order chi connectivity index (χ0) is 33.5. The number of hydrogen-bond donors (Lipinski definition) is 5. The van der Waals surface area contributed by atoms with Crippen molar-refractivity contribution in [3.8, 4) is 11.5 Å². The number of anilines is 1. The highest BCUT2D eigenvalue weighted by Gasteiger charge is 2.37. The summed E-state index contributed by atoms with van der Waals surface area (Å²) in [7, 11) is 0. The quantitative estimate of drug-likeness (QED) is 0.138. The summed E-state index contributed by atoms with van der Waals surface area (Å²) in [6.07, 6.45) is 0.451. The molecule has 0 bridgehead atoms. The van der Waals surface area contributed by atoms with Crippen molar-refractivity contribution in [1.82, 2.24) is 30.6 Å². The fourth-order valence-electron chi connectivity index (χ4n) is 5.85. The maximum Gasteiger partial charge on any atom is 0.430 e. The van der Waals surface area contributed by atoms with E-state index < -0.39 is 17.7 Å². The molecule has 3 aromatic heterocycles. The summed E-state index contributed by atoms with van der Waals surface area (Å²) in [5, 5.41) is 12.2. The lowest BCUT2D eigenvalue weighted by atomic mass is 10.1. The molecule has 6 rings (SSSR count). The number of nitrogens with one attached hydrogen (secondary N) is 4. The maximum atomic E-state index is 13.7. The summed E-state index contributed by atoms with van der Waals surface area (Å²) in [5.41, 5.74) is 11.0. The van der Waals surface area contributed by atoms with E-state index in [9.17, 15) is 14.4 Å². The van der Waals surface area contributed by atoms with Crippen molar-refractivity contribution in [3.63, 3.8) is 0 Å². The van der Waals surface area contributed by atoms with Gasteiger partial charge in [-0.05, 0) is 59.7 Å². The fourth-order valence-corrected chi connectivity index (χ4v) is 5.85. The van der Waals surface area contributed by atoms with Gasteiger partial charge in [0, 0.05) is 22.9 Å². The molecular weight excluding hydrogens is 604 g/mol. The second kappa shape index (κ2) is 12.6. The number of aromatic amines is 3. The normalized spacial score (nSPS) is 14.6. The Morgan fingerprint density at radius 2 is 1.62 bits per heavy atom. The summed E-state index contributed by atoms with van der Waals surface area (Å²) in [6.45, 7) is 10.3. The van der Waals surface area contributed by atoms with Crippen LogP contribution in [-0.2, 0) is 4.74 Å². The molecule has 0 saturated heterocycles. The van der Waals surface area contributed by atoms with Gasteiger partial charge in [0.2, 0.25) is 0 Å². The number of rotatable bonds is 10. The largest absolute Gasteiger partial charge is 0.491 e. The SMILES string of the molecule is Cc1[nH]nc2c1c(=O)[nH]c1c(OCCCN(C(=O)OC(C)(C)C)N3NC(C)c4c3c3cccc(OCCCN)c3[nH]c4=O)cccc12. The first-order valence-electron chi connectivity index (χ1n) is 15.7. The van der Waals surface area contributed by atoms with E-state index in [-0.39, 0.29) is 24.3 Å². The van der Waals surface area contributed by atoms with E-state index in [0.29, 0.717) is 81.8 Å². The predicted octanol–water partition coefficient (Wildman–Crippen LogP) is 4.29. The minimum Gasteiger partial charge on any atom is -0.491 e. The Morgan fingerprint density at radius 1 is 0.979 bits per heavy atom. The molecular formula is C33H40N8O6. The number of fused-ring (bicyclic) bond motifs is 6. The third-order valence-corrected chi connectivity index (χ3v) is 7.90. The number of H-pyrrole nitrogens is 3. The van der Waals surface area contributed by atoms with Crippen LogP contribution in [0.25, 0.3) is 32.7 Å². The molecule has 47 heavy (non-hydrogen) atoms. The summed E-state index contributed by atoms with van der Waals surface area (Å²) in [5.74, 6) is 1.01. The van der Waals surface area contributed by atoms with Crippen LogP contribution in [0.15, 0.2) is 46.0 Å². The summed E-state index contributed by atoms with van der Waals surface area (Å²) in [4.78, 5) is 45.9. The van der Waals surface area contributed by atoms with Gasteiger partial charge in [-0.3, -0.25) is 14.7 Å². The fraction of sp³-hybridized carbons (Fsp3) is 0.394. The van der Waals surface area contributed by atoms with Crippen molar-refractivity contribution in [2.24, 2.45) is 5.73 Å². The molecule has 6 N–H and O–H groups in total. The number of nitrogens with two attached hydrogens (primary N) is 1. The highest BCUT2D eigenvalue weighted by Crippen LogP contribution is 2.39. The van der Waals surface area contributed by atoms with Gasteiger partial charge in [-0.2, -0.15) is 5.10 Å². The number of amides is 1. The lowest BCUT2D eigenvalue weighted by Crippen LogP contribution is -2.53. The number of aryl methyl sites for hydroxylation is 1. The van der Waals surface area contributed by atoms with Crippen LogP contribution in [0, 0.1) is 6.92 Å². The zero-order valence-corrected chi connectivity index (χ0v) is 27.2. The lowest BCUT2D eigenvalue weighted by Gasteiger charge is -2.35. The predicted molar refractivity (Wildman–Crippen MR) is 180 cm³/mol. The smallest absolute Gasteiger partial charge is 0.430 e. The van der Waals surface area contributed by atoms with Crippen LogP contribution < -0.4 is 36.9 Å². The number of benzene rings is 2. The maximum absolute atomic E-state index is 13.7. The Labute approximate surface area is 270 Å². The van der Waals surface area contributed by atoms with Gasteiger partial charge in [0.05, 0.1) is 53.5 Å². The molecule has 0 spiro atoms. The van der Waals surface area contributed by atoms with Crippen molar-refractivity contribution in [1.29, 1.82) is 0 Å². The average molecular weight is 645 g/mol. The molecule has 14 heteroatoms. The number of aromatic nitrogens is 4. The zero-order valence-electron chi connectivity index (χ0n) is 27.2. The summed E-state index contributed by atoms with van der Waals surface area (Å²) < 4.78 is 17.9. The molecule has 1 atom stereocenters. The standard InChI is InChI=1S/C33H40N8O6/c1-18-24-28(38-37-18)20-10-6-12-22(26(20)35-30(24)42)46-17-9-15-40(32(44)47-33(3,4)5)41-29-21-11-7-13-23(45-16-8-14-34)27(21)36-31(43)25(29)19(2)39-41/h6-7,10-13,19,39H,8-9,14-17,34H2,1-5H3,(H,35,42)(H,36,43)(H,37,38). The van der Waals surface area contributed by atoms with Gasteiger partial charge in [0.25, 0.3) is 11.1 Å². The van der Waals surface area contributed by atoms with Crippen LogP contribution >= 0.6 is 0 Å². The minimum atomic E-state index is -0.773. The van der Waals surface area contributed by atoms with Crippen LogP contribution in [-0.4, -0.2) is 63.2 Å². The molecule has 1 aliphatic heterocycles. The second-order valence-electron chi connectivity index (χ2n) is 12.6. The first-order valence-corrected chi connectivity index (χ1v) is 15.7. The van der Waals surface area contributed by atoms with Gasteiger partial charge in [-0.1, -0.05) is 24.3 Å². The van der Waals surface area contributed by atoms with Gasteiger partial charge in [-0.15, -0.1) is 0 Å². The van der Waals surface area contributed by atoms with E-state index >= 15 is 0 Å². The van der Waals surface area contributed by atoms with Crippen LogP contribution in [0.3, 0.4) is 0 Å². The minimum absolute atomic E-state index is 0.180. The molecule has 5 aromatic rings. The van der Waals surface area contributed by atoms with E-state index in [2.05, 4.69) is 25.6 Å². The van der Waals surface area contributed by atoms with Gasteiger partial charge in [-0.25, -0.2) is 20.3 Å². The lowest BCUT2D eigenvalue weighted by molar-refractivity contribution is 0.0191. The summed E-state index contributed by atoms with van der Waals surface area (Å²) >= 11 is 0. The molecule has 0 fully saturated rings. The highest BCUT2D eigenvalue weighted by molar-refractivity contribution is 6.05. The third-order valence-electron chi connectivity index (χ3n) is 7.90. The van der Waals surface area contributed by atoms with Gasteiger partial charge in [0.1, 0.15) is 22.6 Å². The number of hydrazine groups is 2. The number of carbonyl (C=O) groups excluding carboxylic acids is 1. The monoisotopic (exact) mass is 644 g/mol. The van der Waals surface area contributed by atoms with E-state index in [1.165, 1.54) is 5.01 Å². The third kappa shape index (κ3) is 6.09. The van der Waals surface area contributed by atoms with Crippen molar-refractivity contribution in [2.45, 2.75) is 59.1 Å². The van der Waals surface area contributed by atoms with Crippen molar-refractivity contribution < 1.29 is 19.0 Å². The Morgan fingerprint density at radius 3 is 2.30 bits per heavy atom. The van der Waals surface area contributed by atoms with Gasteiger partial charge in [0.15, 0.2) is 0 Å². The molecule has 4 heterocycles. The molecule has 1 unspecified atom stereocenters. The topological polar surface area (TPSA) is 184 Å². The number of nitrogens with zero attached hydrogens (tertiary/aromatic N) is 3. The number of hydrogen-bond acceptors (Lipinski definition) is 10. The molecule has 0 aliphatic carbocycles. The second-order valence-corrected chi connectivity index (χ2v) is 12.6. The first kappa shape index (κ1) is 31.9. The van der Waals surface area contributed by atoms with Crippen LogP contribution in [0.2, 0.25) is 0 Å². The summed E-state index contributed by atoms with van der Waals surface area (Å²) in [6, 6.07) is 10.6. The molecule has 1 amide bonds. The Hall–Kier alpha value is -5.08. The molecule has 2 aromatic carbocycles. The van der Waals surface area contributed by atoms with E-state index in [0.717, 1.165) is 5.39 Å². The molecule has 248 valence electrons. The Balaban J connectivity index is 1.30. The Bertz CT molecular complexity index is 2080. The first-order chi connectivity index (χ1) is 22.5. The van der Waals surface area contributed by atoms with Crippen molar-refractivity contribution in [3.05, 3.63) is 68.4 Å². The number of carbonyl (C=O) groups is 1. The van der Waals surface area contributed by atoms with E-state index in [1.54, 1.807) is 44.9 Å². The van der Waals surface area contributed by atoms with Gasteiger partial charge < -0.3 is 29.9 Å². The van der Waals surface area contributed by atoms with Gasteiger partial charge >= 0.3 is 6.09 Å². The van der Waals surface area contributed by atoms with Crippen molar-refractivity contribution >= 4 is 44.5 Å². The van der Waals surface area contributed by atoms with Crippen molar-refractivity contribution in [2.75, 3.05) is 31.4 Å². The number of para-hydroxylation sites is 2. The molecule has 0 radical (unpaired) electrons. The molecule has 1 aliphatic rings. The van der Waals surface area contributed by atoms with Crippen LogP contribution in [0.5, 0.6) is 11.5 Å². The Kier molecular flexibility index (Phi) is 8.55. The molecule has 0 saturated carbocycles. The van der Waals surface area contributed by atoms with E-state index in [4.69, 9.17) is 19.9 Å². The molecule has 14 nitrogen and oxygen atoms in total. The number of ether oxygens (including phenoxy) is 3.